The summed E-state index contributed by atoms with van der Waals surface area (Å²) in [5, 5.41) is 3.82. The quantitative estimate of drug-likeness (QED) is 0.773. The highest BCUT2D eigenvalue weighted by Gasteiger charge is 2.12. The molecule has 0 spiro atoms. The maximum atomic E-state index is 12.2. The molecular formula is C14H10BrCl2NO. The number of carbonyl (C=O) groups excluding carboxylic acids is 1. The van der Waals surface area contributed by atoms with Gasteiger partial charge in [-0.2, -0.15) is 0 Å². The summed E-state index contributed by atoms with van der Waals surface area (Å²) >= 11 is 15.4. The van der Waals surface area contributed by atoms with Crippen molar-refractivity contribution in [1.29, 1.82) is 0 Å². The molecule has 0 aliphatic rings. The van der Waals surface area contributed by atoms with E-state index in [0.29, 0.717) is 21.3 Å². The van der Waals surface area contributed by atoms with Gasteiger partial charge >= 0.3 is 0 Å². The first kappa shape index (κ1) is 14.4. The first-order chi connectivity index (χ1) is 8.99. The Hall–Kier alpha value is -1.03. The van der Waals surface area contributed by atoms with Gasteiger partial charge in [-0.1, -0.05) is 45.2 Å². The summed E-state index contributed by atoms with van der Waals surface area (Å²) in [5.41, 5.74) is 1.83. The minimum Gasteiger partial charge on any atom is -0.321 e. The van der Waals surface area contributed by atoms with Crippen LogP contribution < -0.4 is 5.32 Å². The normalized spacial score (nSPS) is 10.3. The Kier molecular flexibility index (Phi) is 4.50. The van der Waals surface area contributed by atoms with Gasteiger partial charge in [0, 0.05) is 15.1 Å². The monoisotopic (exact) mass is 357 g/mol. The molecule has 0 radical (unpaired) electrons. The average molecular weight is 359 g/mol. The van der Waals surface area contributed by atoms with Gasteiger partial charge in [-0.3, -0.25) is 4.79 Å². The van der Waals surface area contributed by atoms with Gasteiger partial charge < -0.3 is 5.32 Å². The second-order valence-corrected chi connectivity index (χ2v) is 5.72. The van der Waals surface area contributed by atoms with Crippen molar-refractivity contribution >= 4 is 50.7 Å². The molecule has 0 heterocycles. The van der Waals surface area contributed by atoms with Crippen LogP contribution in [0.4, 0.5) is 5.69 Å². The van der Waals surface area contributed by atoms with E-state index in [4.69, 9.17) is 23.2 Å². The third-order valence-electron chi connectivity index (χ3n) is 2.69. The Morgan fingerprint density at radius 1 is 1.16 bits per heavy atom. The van der Waals surface area contributed by atoms with Crippen LogP contribution in [-0.4, -0.2) is 5.91 Å². The molecule has 2 aromatic rings. The molecule has 2 aromatic carbocycles. The van der Waals surface area contributed by atoms with E-state index in [1.54, 1.807) is 37.3 Å². The Morgan fingerprint density at radius 2 is 1.89 bits per heavy atom. The zero-order chi connectivity index (χ0) is 14.0. The molecule has 2 rings (SSSR count). The zero-order valence-electron chi connectivity index (χ0n) is 10.0. The molecule has 1 N–H and O–H groups in total. The number of halogens is 3. The fourth-order valence-corrected chi connectivity index (χ4v) is 2.34. The summed E-state index contributed by atoms with van der Waals surface area (Å²) in [6.07, 6.45) is 0. The zero-order valence-corrected chi connectivity index (χ0v) is 13.1. The van der Waals surface area contributed by atoms with Crippen LogP contribution >= 0.6 is 39.1 Å². The topological polar surface area (TPSA) is 29.1 Å². The smallest absolute Gasteiger partial charge is 0.256 e. The van der Waals surface area contributed by atoms with E-state index in [0.717, 1.165) is 10.0 Å². The van der Waals surface area contributed by atoms with Gasteiger partial charge in [0.2, 0.25) is 0 Å². The molecule has 5 heteroatoms. The summed E-state index contributed by atoms with van der Waals surface area (Å²) < 4.78 is 0.843. The number of carbonyl (C=O) groups is 1. The van der Waals surface area contributed by atoms with E-state index in [1.165, 1.54) is 0 Å². The van der Waals surface area contributed by atoms with E-state index in [2.05, 4.69) is 21.2 Å². The fourth-order valence-electron chi connectivity index (χ4n) is 1.64. The first-order valence-corrected chi connectivity index (χ1v) is 7.05. The minimum absolute atomic E-state index is 0.236. The Balaban J connectivity index is 2.31. The molecule has 0 fully saturated rings. The molecule has 0 aliphatic carbocycles. The third kappa shape index (κ3) is 3.30. The van der Waals surface area contributed by atoms with E-state index >= 15 is 0 Å². The number of rotatable bonds is 2. The van der Waals surface area contributed by atoms with E-state index < -0.39 is 0 Å². The predicted molar refractivity (Wildman–Crippen MR) is 83.3 cm³/mol. The second-order valence-electron chi connectivity index (χ2n) is 3.99. The molecule has 0 bridgehead atoms. The molecule has 0 unspecified atom stereocenters. The Labute approximate surface area is 129 Å². The first-order valence-electron chi connectivity index (χ1n) is 5.50. The van der Waals surface area contributed by atoms with Crippen LogP contribution in [0.25, 0.3) is 0 Å². The number of hydrogen-bond donors (Lipinski definition) is 1. The van der Waals surface area contributed by atoms with Gasteiger partial charge in [0.1, 0.15) is 0 Å². The van der Waals surface area contributed by atoms with Gasteiger partial charge in [-0.25, -0.2) is 0 Å². The van der Waals surface area contributed by atoms with Crippen molar-refractivity contribution in [2.75, 3.05) is 5.32 Å². The van der Waals surface area contributed by atoms with Gasteiger partial charge in [0.25, 0.3) is 5.91 Å². The van der Waals surface area contributed by atoms with E-state index in [1.807, 2.05) is 6.07 Å². The van der Waals surface area contributed by atoms with Crippen molar-refractivity contribution in [3.05, 3.63) is 62.0 Å². The van der Waals surface area contributed by atoms with Gasteiger partial charge in [-0.15, -0.1) is 0 Å². The number of nitrogens with one attached hydrogen (secondary N) is 1. The molecule has 1 amide bonds. The van der Waals surface area contributed by atoms with Crippen molar-refractivity contribution < 1.29 is 4.79 Å². The van der Waals surface area contributed by atoms with E-state index in [9.17, 15) is 4.79 Å². The summed E-state index contributed by atoms with van der Waals surface area (Å²) in [6, 6.07) is 10.5. The maximum absolute atomic E-state index is 12.2. The third-order valence-corrected chi connectivity index (χ3v) is 3.92. The van der Waals surface area contributed by atoms with Crippen LogP contribution in [0.1, 0.15) is 15.9 Å². The lowest BCUT2D eigenvalue weighted by Crippen LogP contribution is -2.13. The molecule has 0 aromatic heterocycles. The van der Waals surface area contributed by atoms with E-state index in [-0.39, 0.29) is 5.91 Å². The lowest BCUT2D eigenvalue weighted by atomic mass is 10.1. The molecule has 0 atom stereocenters. The maximum Gasteiger partial charge on any atom is 0.256 e. The van der Waals surface area contributed by atoms with Crippen molar-refractivity contribution in [3.63, 3.8) is 0 Å². The number of anilines is 1. The Morgan fingerprint density at radius 3 is 2.63 bits per heavy atom. The molecular weight excluding hydrogens is 349 g/mol. The molecule has 2 nitrogen and oxygen atoms in total. The highest BCUT2D eigenvalue weighted by Crippen LogP contribution is 2.27. The highest BCUT2D eigenvalue weighted by molar-refractivity contribution is 9.10. The second kappa shape index (κ2) is 5.95. The van der Waals surface area contributed by atoms with Crippen LogP contribution in [0.2, 0.25) is 10.0 Å². The van der Waals surface area contributed by atoms with Crippen LogP contribution in [0, 0.1) is 6.92 Å². The predicted octanol–water partition coefficient (Wildman–Crippen LogP) is 5.32. The van der Waals surface area contributed by atoms with Gasteiger partial charge in [-0.05, 0) is 42.8 Å². The fraction of sp³-hybridized carbons (Fsp3) is 0.0714. The Bertz CT molecular complexity index is 643. The molecule has 19 heavy (non-hydrogen) atoms. The SMILES string of the molecule is Cc1c(Cl)cccc1C(=O)Nc1cc(Br)ccc1Cl. The van der Waals surface area contributed by atoms with Crippen molar-refractivity contribution in [2.45, 2.75) is 6.92 Å². The average Bonchev–Trinajstić information content (AvgIpc) is 2.37. The standard InChI is InChI=1S/C14H10BrCl2NO/c1-8-10(3-2-4-11(8)16)14(19)18-13-7-9(15)5-6-12(13)17/h2-7H,1H3,(H,18,19). The molecule has 0 saturated carbocycles. The van der Waals surface area contributed by atoms with Crippen LogP contribution in [-0.2, 0) is 0 Å². The van der Waals surface area contributed by atoms with Crippen molar-refractivity contribution in [2.24, 2.45) is 0 Å². The number of hydrogen-bond acceptors (Lipinski definition) is 1. The summed E-state index contributed by atoms with van der Waals surface area (Å²) in [5.74, 6) is -0.236. The van der Waals surface area contributed by atoms with Crippen LogP contribution in [0.5, 0.6) is 0 Å². The van der Waals surface area contributed by atoms with Crippen LogP contribution in [0.15, 0.2) is 40.9 Å². The van der Waals surface area contributed by atoms with Gasteiger partial charge in [0.05, 0.1) is 10.7 Å². The molecule has 0 aliphatic heterocycles. The largest absolute Gasteiger partial charge is 0.321 e. The summed E-state index contributed by atoms with van der Waals surface area (Å²) in [7, 11) is 0. The number of amides is 1. The lowest BCUT2D eigenvalue weighted by molar-refractivity contribution is 0.102. The minimum atomic E-state index is -0.236. The van der Waals surface area contributed by atoms with Crippen molar-refractivity contribution in [3.8, 4) is 0 Å². The summed E-state index contributed by atoms with van der Waals surface area (Å²) in [6.45, 7) is 1.81. The van der Waals surface area contributed by atoms with Gasteiger partial charge in [0.15, 0.2) is 0 Å². The molecule has 98 valence electrons. The lowest BCUT2D eigenvalue weighted by Gasteiger charge is -2.10. The highest BCUT2D eigenvalue weighted by atomic mass is 79.9. The molecule has 0 saturated heterocycles. The van der Waals surface area contributed by atoms with Crippen LogP contribution in [0.3, 0.4) is 0 Å². The summed E-state index contributed by atoms with van der Waals surface area (Å²) in [4.78, 5) is 12.2. The number of benzene rings is 2. The van der Waals surface area contributed by atoms with Crippen molar-refractivity contribution in [1.82, 2.24) is 0 Å².